The Labute approximate surface area is 137 Å². The zero-order valence-electron chi connectivity index (χ0n) is 12.9. The van der Waals surface area contributed by atoms with Gasteiger partial charge in [0.2, 0.25) is 0 Å². The van der Waals surface area contributed by atoms with E-state index in [1.807, 2.05) is 6.07 Å². The maximum absolute atomic E-state index is 11.9. The molecule has 1 atom stereocenters. The number of nitrogens with one attached hydrogen (secondary N) is 1. The van der Waals surface area contributed by atoms with Gasteiger partial charge in [0.25, 0.3) is 5.91 Å². The van der Waals surface area contributed by atoms with E-state index in [9.17, 15) is 14.4 Å². The molecule has 0 saturated carbocycles. The van der Waals surface area contributed by atoms with Crippen molar-refractivity contribution < 1.29 is 14.3 Å². The summed E-state index contributed by atoms with van der Waals surface area (Å²) in [5.41, 5.74) is 1.45. The highest BCUT2D eigenvalue weighted by Crippen LogP contribution is 2.07. The Morgan fingerprint density at radius 2 is 2.00 bits per heavy atom. The Hall–Kier alpha value is -2.41. The number of carbonyl (C=O) groups excluding carboxylic acids is 2. The molecular formula is C16H18N2O4S. The Morgan fingerprint density at radius 3 is 2.61 bits per heavy atom. The van der Waals surface area contributed by atoms with E-state index in [4.69, 9.17) is 4.74 Å². The van der Waals surface area contributed by atoms with Crippen molar-refractivity contribution in [2.75, 3.05) is 5.32 Å². The lowest BCUT2D eigenvalue weighted by atomic mass is 10.3. The lowest BCUT2D eigenvalue weighted by Crippen LogP contribution is -2.30. The first-order valence-electron chi connectivity index (χ1n) is 7.17. The van der Waals surface area contributed by atoms with Crippen LogP contribution in [0.25, 0.3) is 0 Å². The van der Waals surface area contributed by atoms with Gasteiger partial charge in [0.1, 0.15) is 0 Å². The second-order valence-electron chi connectivity index (χ2n) is 5.03. The first-order chi connectivity index (χ1) is 11.0. The van der Waals surface area contributed by atoms with Crippen molar-refractivity contribution in [3.8, 4) is 0 Å². The van der Waals surface area contributed by atoms with Crippen molar-refractivity contribution in [2.24, 2.45) is 0 Å². The van der Waals surface area contributed by atoms with E-state index in [-0.39, 0.29) is 17.8 Å². The normalized spacial score (nSPS) is 11.7. The molecule has 1 amide bonds. The van der Waals surface area contributed by atoms with Crippen LogP contribution in [0.15, 0.2) is 40.5 Å². The van der Waals surface area contributed by atoms with Gasteiger partial charge in [-0.1, -0.05) is 29.5 Å². The number of anilines is 1. The molecule has 2 aromatic rings. The topological polar surface area (TPSA) is 77.4 Å². The molecule has 0 bridgehead atoms. The predicted molar refractivity (Wildman–Crippen MR) is 88.6 cm³/mol. The van der Waals surface area contributed by atoms with Gasteiger partial charge in [-0.3, -0.25) is 14.4 Å². The van der Waals surface area contributed by atoms with Gasteiger partial charge in [-0.2, -0.15) is 0 Å². The van der Waals surface area contributed by atoms with Gasteiger partial charge in [-0.25, -0.2) is 0 Å². The summed E-state index contributed by atoms with van der Waals surface area (Å²) in [6, 6.07) is 8.93. The number of amides is 1. The molecule has 0 aliphatic heterocycles. The Bertz CT molecular complexity index is 736. The van der Waals surface area contributed by atoms with Crippen LogP contribution in [0.1, 0.15) is 19.0 Å². The summed E-state index contributed by atoms with van der Waals surface area (Å²) in [4.78, 5) is 35.2. The maximum atomic E-state index is 11.9. The van der Waals surface area contributed by atoms with Crippen LogP contribution in [0.5, 0.6) is 0 Å². The predicted octanol–water partition coefficient (Wildman–Crippen LogP) is 2.18. The summed E-state index contributed by atoms with van der Waals surface area (Å²) < 4.78 is 6.61. The Kier molecular flexibility index (Phi) is 5.70. The van der Waals surface area contributed by atoms with E-state index in [0.29, 0.717) is 5.69 Å². The van der Waals surface area contributed by atoms with Crippen LogP contribution in [0.4, 0.5) is 5.69 Å². The van der Waals surface area contributed by atoms with E-state index in [1.165, 1.54) is 11.5 Å². The monoisotopic (exact) mass is 334 g/mol. The van der Waals surface area contributed by atoms with Gasteiger partial charge in [0, 0.05) is 23.3 Å². The van der Waals surface area contributed by atoms with Crippen LogP contribution in [0, 0.1) is 6.92 Å². The Morgan fingerprint density at radius 1 is 1.30 bits per heavy atom. The van der Waals surface area contributed by atoms with Crippen LogP contribution in [0.3, 0.4) is 0 Å². The van der Waals surface area contributed by atoms with E-state index >= 15 is 0 Å². The van der Waals surface area contributed by atoms with Gasteiger partial charge in [0.05, 0.1) is 6.42 Å². The van der Waals surface area contributed by atoms with Crippen LogP contribution < -0.4 is 10.2 Å². The number of hydrogen-bond donors (Lipinski definition) is 1. The Balaban J connectivity index is 1.82. The van der Waals surface area contributed by atoms with Crippen molar-refractivity contribution in [1.82, 2.24) is 4.57 Å². The first-order valence-corrected chi connectivity index (χ1v) is 8.05. The van der Waals surface area contributed by atoms with Crippen LogP contribution >= 0.6 is 11.3 Å². The summed E-state index contributed by atoms with van der Waals surface area (Å²) in [5.74, 6) is -0.911. The molecule has 0 aliphatic carbocycles. The highest BCUT2D eigenvalue weighted by Gasteiger charge is 2.18. The number of aromatic nitrogens is 1. The highest BCUT2D eigenvalue weighted by atomic mass is 32.1. The third-order valence-electron chi connectivity index (χ3n) is 3.23. The number of aryl methyl sites for hydroxylation is 1. The number of benzene rings is 1. The van der Waals surface area contributed by atoms with E-state index in [1.54, 1.807) is 36.6 Å². The quantitative estimate of drug-likeness (QED) is 0.822. The fraction of sp³-hybridized carbons (Fsp3) is 0.312. The lowest BCUT2D eigenvalue weighted by Gasteiger charge is -2.13. The number of ether oxygens (including phenoxy) is 1. The van der Waals surface area contributed by atoms with Gasteiger partial charge in [-0.05, 0) is 26.0 Å². The smallest absolute Gasteiger partial charge is 0.308 e. The van der Waals surface area contributed by atoms with Crippen LogP contribution in [-0.2, 0) is 20.9 Å². The van der Waals surface area contributed by atoms with Crippen LogP contribution in [-0.4, -0.2) is 22.5 Å². The molecule has 122 valence electrons. The van der Waals surface area contributed by atoms with Gasteiger partial charge in [-0.15, -0.1) is 0 Å². The number of hydrogen-bond acceptors (Lipinski definition) is 5. The summed E-state index contributed by atoms with van der Waals surface area (Å²) in [6.45, 7) is 3.57. The summed E-state index contributed by atoms with van der Waals surface area (Å²) in [5, 5.41) is 4.40. The molecule has 6 nitrogen and oxygen atoms in total. The van der Waals surface area contributed by atoms with E-state index < -0.39 is 18.0 Å². The minimum absolute atomic E-state index is 0.0421. The van der Waals surface area contributed by atoms with Gasteiger partial charge in [0.15, 0.2) is 6.10 Å². The van der Waals surface area contributed by atoms with Crippen LogP contribution in [0.2, 0.25) is 0 Å². The van der Waals surface area contributed by atoms with E-state index in [2.05, 4.69) is 5.32 Å². The minimum atomic E-state index is -0.900. The lowest BCUT2D eigenvalue weighted by molar-refractivity contribution is -0.153. The standard InChI is InChI=1S/C16H18N2O4S/c1-11-10-23-16(21)18(11)9-8-14(19)22-12(2)15(20)17-13-6-4-3-5-7-13/h3-7,10,12H,8-9H2,1-2H3,(H,17,20)/t12-/m0/s1. The average molecular weight is 334 g/mol. The molecule has 0 spiro atoms. The molecule has 0 aliphatic rings. The number of rotatable bonds is 6. The third kappa shape index (κ3) is 4.79. The third-order valence-corrected chi connectivity index (χ3v) is 4.12. The number of nitrogens with zero attached hydrogens (tertiary/aromatic N) is 1. The number of thiazole rings is 1. The molecule has 1 heterocycles. The molecule has 23 heavy (non-hydrogen) atoms. The summed E-state index contributed by atoms with van der Waals surface area (Å²) in [7, 11) is 0. The minimum Gasteiger partial charge on any atom is -0.452 e. The fourth-order valence-electron chi connectivity index (χ4n) is 1.95. The molecule has 0 unspecified atom stereocenters. The average Bonchev–Trinajstić information content (AvgIpc) is 2.85. The van der Waals surface area contributed by atoms with Crippen molar-refractivity contribution in [1.29, 1.82) is 0 Å². The van der Waals surface area contributed by atoms with Gasteiger partial charge < -0.3 is 14.6 Å². The number of carbonyl (C=O) groups is 2. The van der Waals surface area contributed by atoms with Gasteiger partial charge >= 0.3 is 10.8 Å². The first kappa shape index (κ1) is 17.0. The van der Waals surface area contributed by atoms with Crippen molar-refractivity contribution >= 4 is 28.9 Å². The van der Waals surface area contributed by atoms with Crippen molar-refractivity contribution in [3.05, 3.63) is 51.1 Å². The molecule has 1 aromatic carbocycles. The molecular weight excluding hydrogens is 316 g/mol. The molecule has 2 rings (SSSR count). The van der Waals surface area contributed by atoms with Crippen molar-refractivity contribution in [3.63, 3.8) is 0 Å². The zero-order valence-corrected chi connectivity index (χ0v) is 13.8. The summed E-state index contributed by atoms with van der Waals surface area (Å²) >= 11 is 1.09. The molecule has 1 N–H and O–H groups in total. The maximum Gasteiger partial charge on any atom is 0.308 e. The molecule has 0 fully saturated rings. The molecule has 7 heteroatoms. The van der Waals surface area contributed by atoms with E-state index in [0.717, 1.165) is 17.0 Å². The fourth-order valence-corrected chi connectivity index (χ4v) is 2.71. The SMILES string of the molecule is Cc1csc(=O)n1CCC(=O)O[C@@H](C)C(=O)Nc1ccccc1. The molecule has 0 saturated heterocycles. The van der Waals surface area contributed by atoms with Crippen molar-refractivity contribution in [2.45, 2.75) is 32.9 Å². The summed E-state index contributed by atoms with van der Waals surface area (Å²) in [6.07, 6.45) is -0.858. The molecule has 1 aromatic heterocycles. The molecule has 0 radical (unpaired) electrons. The number of esters is 1. The largest absolute Gasteiger partial charge is 0.452 e. The highest BCUT2D eigenvalue weighted by molar-refractivity contribution is 7.07. The second kappa shape index (κ2) is 7.73. The second-order valence-corrected chi connectivity index (χ2v) is 5.85. The number of para-hydroxylation sites is 1. The zero-order chi connectivity index (χ0) is 16.8.